The Hall–Kier alpha value is -2.39. The third kappa shape index (κ3) is 2.36. The molecule has 124 valence electrons. The van der Waals surface area contributed by atoms with Crippen molar-refractivity contribution in [1.29, 1.82) is 5.26 Å². The van der Waals surface area contributed by atoms with E-state index in [4.69, 9.17) is 9.68 Å². The molecule has 0 aromatic carbocycles. The van der Waals surface area contributed by atoms with Crippen LogP contribution >= 0.6 is 0 Å². The van der Waals surface area contributed by atoms with Crippen LogP contribution in [0.25, 0.3) is 22.1 Å². The van der Waals surface area contributed by atoms with E-state index in [2.05, 4.69) is 20.6 Å². The minimum atomic E-state index is -0.653. The van der Waals surface area contributed by atoms with E-state index < -0.39 is 6.10 Å². The third-order valence-corrected chi connectivity index (χ3v) is 5.09. The largest absolute Gasteiger partial charge is 0.460 e. The van der Waals surface area contributed by atoms with E-state index >= 15 is 0 Å². The molecule has 1 saturated carbocycles. The van der Waals surface area contributed by atoms with Gasteiger partial charge in [0.25, 0.3) is 0 Å². The number of nitrogens with zero attached hydrogens (tertiary/aromatic N) is 4. The molecule has 4 rings (SSSR count). The highest BCUT2D eigenvalue weighted by Gasteiger charge is 2.28. The second kappa shape index (κ2) is 5.91. The van der Waals surface area contributed by atoms with Crippen molar-refractivity contribution >= 4 is 22.1 Å². The molecule has 6 nitrogen and oxygen atoms in total. The highest BCUT2D eigenvalue weighted by Crippen LogP contribution is 2.39. The fourth-order valence-corrected chi connectivity index (χ4v) is 3.90. The maximum absolute atomic E-state index is 10.2. The molecule has 0 amide bonds. The molecule has 1 N–H and O–H groups in total. The van der Waals surface area contributed by atoms with Crippen LogP contribution in [0.15, 0.2) is 22.9 Å². The van der Waals surface area contributed by atoms with Gasteiger partial charge in [0, 0.05) is 18.5 Å². The smallest absolute Gasteiger partial charge is 0.178 e. The monoisotopic (exact) mass is 324 g/mol. The first-order valence-electron chi connectivity index (χ1n) is 8.48. The lowest BCUT2D eigenvalue weighted by molar-refractivity contribution is 0.175. The summed E-state index contributed by atoms with van der Waals surface area (Å²) in [5.41, 5.74) is 3.21. The van der Waals surface area contributed by atoms with Crippen LogP contribution in [-0.4, -0.2) is 19.6 Å². The van der Waals surface area contributed by atoms with Crippen LogP contribution in [0.2, 0.25) is 0 Å². The van der Waals surface area contributed by atoms with Crippen molar-refractivity contribution in [2.45, 2.75) is 51.2 Å². The summed E-state index contributed by atoms with van der Waals surface area (Å²) in [7, 11) is 0. The molecule has 3 aromatic rings. The SMILES string of the molecule is C[C@@H](O)c1nc2cnc3ccoc3c2n1C1CCC(CC#N)CC1. The van der Waals surface area contributed by atoms with Gasteiger partial charge in [0.1, 0.15) is 28.5 Å². The van der Waals surface area contributed by atoms with Gasteiger partial charge in [-0.3, -0.25) is 4.98 Å². The Morgan fingerprint density at radius 2 is 2.17 bits per heavy atom. The Morgan fingerprint density at radius 3 is 2.88 bits per heavy atom. The predicted octanol–water partition coefficient (Wildman–Crippen LogP) is 3.88. The van der Waals surface area contributed by atoms with E-state index in [0.29, 0.717) is 18.2 Å². The second-order valence-electron chi connectivity index (χ2n) is 6.68. The molecular formula is C18H20N4O2. The predicted molar refractivity (Wildman–Crippen MR) is 89.2 cm³/mol. The standard InChI is InChI=1S/C18H20N4O2/c1-11(23)18-21-15-10-20-14-7-9-24-17(14)16(15)22(18)13-4-2-12(3-5-13)6-8-19/h7,9-13,23H,2-6H2,1H3/t11-,12?,13?/m1/s1. The zero-order valence-corrected chi connectivity index (χ0v) is 13.6. The Bertz CT molecular complexity index is 910. The number of pyridine rings is 1. The third-order valence-electron chi connectivity index (χ3n) is 5.09. The lowest BCUT2D eigenvalue weighted by Gasteiger charge is -2.30. The second-order valence-corrected chi connectivity index (χ2v) is 6.68. The molecule has 1 aliphatic rings. The summed E-state index contributed by atoms with van der Waals surface area (Å²) in [6.45, 7) is 1.74. The molecule has 3 heterocycles. The molecule has 0 spiro atoms. The van der Waals surface area contributed by atoms with Gasteiger partial charge in [-0.1, -0.05) is 0 Å². The van der Waals surface area contributed by atoms with Crippen LogP contribution in [0.4, 0.5) is 0 Å². The van der Waals surface area contributed by atoms with Crippen molar-refractivity contribution in [2.24, 2.45) is 5.92 Å². The van der Waals surface area contributed by atoms with E-state index in [1.807, 2.05) is 6.07 Å². The van der Waals surface area contributed by atoms with E-state index in [-0.39, 0.29) is 6.04 Å². The van der Waals surface area contributed by atoms with E-state index in [1.165, 1.54) is 0 Å². The van der Waals surface area contributed by atoms with Crippen LogP contribution in [0.1, 0.15) is 57.0 Å². The molecular weight excluding hydrogens is 304 g/mol. The number of aliphatic hydroxyl groups excluding tert-OH is 1. The quantitative estimate of drug-likeness (QED) is 0.790. The van der Waals surface area contributed by atoms with Gasteiger partial charge in [0.2, 0.25) is 0 Å². The van der Waals surface area contributed by atoms with E-state index in [9.17, 15) is 5.11 Å². The van der Waals surface area contributed by atoms with Gasteiger partial charge < -0.3 is 14.1 Å². The molecule has 6 heteroatoms. The molecule has 3 aromatic heterocycles. The van der Waals surface area contributed by atoms with Crippen molar-refractivity contribution in [3.05, 3.63) is 24.4 Å². The summed E-state index contributed by atoms with van der Waals surface area (Å²) in [6, 6.07) is 4.40. The van der Waals surface area contributed by atoms with Crippen LogP contribution < -0.4 is 0 Å². The Balaban J connectivity index is 1.82. The number of hydrogen-bond acceptors (Lipinski definition) is 5. The van der Waals surface area contributed by atoms with Gasteiger partial charge in [0.15, 0.2) is 5.58 Å². The van der Waals surface area contributed by atoms with Crippen LogP contribution in [-0.2, 0) is 0 Å². The number of rotatable bonds is 3. The van der Waals surface area contributed by atoms with Crippen molar-refractivity contribution in [2.75, 3.05) is 0 Å². The van der Waals surface area contributed by atoms with Gasteiger partial charge in [0.05, 0.1) is 18.5 Å². The average Bonchev–Trinajstić information content (AvgIpc) is 3.19. The molecule has 0 saturated heterocycles. The maximum Gasteiger partial charge on any atom is 0.178 e. The van der Waals surface area contributed by atoms with E-state index in [0.717, 1.165) is 47.8 Å². The van der Waals surface area contributed by atoms with Crippen molar-refractivity contribution < 1.29 is 9.52 Å². The van der Waals surface area contributed by atoms with E-state index in [1.54, 1.807) is 19.4 Å². The molecule has 1 aliphatic carbocycles. The fraction of sp³-hybridized carbons (Fsp3) is 0.500. The Morgan fingerprint density at radius 1 is 1.38 bits per heavy atom. The van der Waals surface area contributed by atoms with Gasteiger partial charge >= 0.3 is 0 Å². The van der Waals surface area contributed by atoms with Crippen LogP contribution in [0, 0.1) is 17.2 Å². The number of nitriles is 1. The van der Waals surface area contributed by atoms with Gasteiger partial charge in [-0.05, 0) is 38.5 Å². The number of imidazole rings is 1. The number of aliphatic hydroxyl groups is 1. The van der Waals surface area contributed by atoms with Gasteiger partial charge in [-0.25, -0.2) is 4.98 Å². The first-order valence-corrected chi connectivity index (χ1v) is 8.48. The normalized spacial score (nSPS) is 22.7. The summed E-state index contributed by atoms with van der Waals surface area (Å²) in [4.78, 5) is 8.99. The molecule has 0 unspecified atom stereocenters. The summed E-state index contributed by atoms with van der Waals surface area (Å²) in [5, 5.41) is 19.1. The summed E-state index contributed by atoms with van der Waals surface area (Å²) in [5.74, 6) is 1.15. The Kier molecular flexibility index (Phi) is 3.73. The molecule has 24 heavy (non-hydrogen) atoms. The summed E-state index contributed by atoms with van der Waals surface area (Å²) in [6.07, 6.45) is 7.40. The highest BCUT2D eigenvalue weighted by molar-refractivity contribution is 5.98. The highest BCUT2D eigenvalue weighted by atomic mass is 16.3. The zero-order valence-electron chi connectivity index (χ0n) is 13.6. The number of fused-ring (bicyclic) bond motifs is 3. The summed E-state index contributed by atoms with van der Waals surface area (Å²) < 4.78 is 7.82. The van der Waals surface area contributed by atoms with Gasteiger partial charge in [-0.15, -0.1) is 0 Å². The lowest BCUT2D eigenvalue weighted by atomic mass is 9.84. The zero-order chi connectivity index (χ0) is 16.7. The fourth-order valence-electron chi connectivity index (χ4n) is 3.90. The molecule has 0 bridgehead atoms. The van der Waals surface area contributed by atoms with Crippen molar-refractivity contribution in [3.8, 4) is 6.07 Å². The van der Waals surface area contributed by atoms with Crippen LogP contribution in [0.3, 0.4) is 0 Å². The van der Waals surface area contributed by atoms with Crippen LogP contribution in [0.5, 0.6) is 0 Å². The molecule has 1 fully saturated rings. The molecule has 0 radical (unpaired) electrons. The van der Waals surface area contributed by atoms with Crippen molar-refractivity contribution in [1.82, 2.24) is 14.5 Å². The maximum atomic E-state index is 10.2. The molecule has 1 atom stereocenters. The number of aromatic nitrogens is 3. The summed E-state index contributed by atoms with van der Waals surface area (Å²) >= 11 is 0. The lowest BCUT2D eigenvalue weighted by Crippen LogP contribution is -2.20. The Labute approximate surface area is 139 Å². The minimum Gasteiger partial charge on any atom is -0.460 e. The first-order chi connectivity index (χ1) is 11.7. The number of hydrogen-bond donors (Lipinski definition) is 1. The van der Waals surface area contributed by atoms with Gasteiger partial charge in [-0.2, -0.15) is 5.26 Å². The topological polar surface area (TPSA) is 87.9 Å². The van der Waals surface area contributed by atoms with Crippen molar-refractivity contribution in [3.63, 3.8) is 0 Å². The minimum absolute atomic E-state index is 0.269. The number of furan rings is 1. The average molecular weight is 324 g/mol. The molecule has 0 aliphatic heterocycles. The first kappa shape index (κ1) is 15.2.